The summed E-state index contributed by atoms with van der Waals surface area (Å²) in [6.07, 6.45) is 2.05. The first-order valence-electron chi connectivity index (χ1n) is 11.8. The number of carbonyl (C=O) groups excluding carboxylic acids is 1. The van der Waals surface area contributed by atoms with Gasteiger partial charge in [0.25, 0.3) is 0 Å². The van der Waals surface area contributed by atoms with Crippen LogP contribution in [0.25, 0.3) is 0 Å². The Kier molecular flexibility index (Phi) is 11.7. The van der Waals surface area contributed by atoms with Crippen molar-refractivity contribution in [2.75, 3.05) is 13.1 Å². The van der Waals surface area contributed by atoms with Crippen LogP contribution in [0.4, 0.5) is 0 Å². The fraction of sp³-hybridized carbons (Fsp3) is 0.308. The fourth-order valence-electron chi connectivity index (χ4n) is 3.34. The Balaban J connectivity index is 0.00000235. The maximum atomic E-state index is 12.8. The molecule has 0 radical (unpaired) electrons. The zero-order valence-electron chi connectivity index (χ0n) is 21.0. The lowest BCUT2D eigenvalue weighted by atomic mass is 10.1. The number of sulfonamides is 1. The average Bonchev–Trinajstić information content (AvgIpc) is 3.33. The van der Waals surface area contributed by atoms with Crippen LogP contribution in [0.3, 0.4) is 0 Å². The second kappa shape index (κ2) is 14.7. The van der Waals surface area contributed by atoms with Gasteiger partial charge in [0.05, 0.1) is 12.3 Å². The molecular weight excluding hydrogens is 492 g/mol. The third-order valence-corrected chi connectivity index (χ3v) is 6.54. The number of amides is 1. The molecule has 0 bridgehead atoms. The third-order valence-electron chi connectivity index (χ3n) is 5.24. The van der Waals surface area contributed by atoms with E-state index in [9.17, 15) is 13.2 Å². The molecule has 10 nitrogen and oxygen atoms in total. The molecule has 0 aliphatic carbocycles. The minimum atomic E-state index is -3.67. The van der Waals surface area contributed by atoms with E-state index in [4.69, 9.17) is 15.7 Å². The van der Waals surface area contributed by atoms with E-state index in [1.165, 1.54) is 4.90 Å². The van der Waals surface area contributed by atoms with Crippen molar-refractivity contribution < 1.29 is 17.7 Å². The van der Waals surface area contributed by atoms with E-state index >= 15 is 0 Å². The lowest BCUT2D eigenvalue weighted by Crippen LogP contribution is -2.40. The summed E-state index contributed by atoms with van der Waals surface area (Å²) in [7, 11) is -3.67. The Morgan fingerprint density at radius 1 is 1.11 bits per heavy atom. The molecule has 0 unspecified atom stereocenters. The van der Waals surface area contributed by atoms with E-state index < -0.39 is 10.0 Å². The first-order chi connectivity index (χ1) is 17.8. The summed E-state index contributed by atoms with van der Waals surface area (Å²) in [5.41, 5.74) is 7.68. The van der Waals surface area contributed by atoms with Gasteiger partial charge in [-0.2, -0.15) is 4.98 Å². The van der Waals surface area contributed by atoms with Crippen LogP contribution in [0, 0.1) is 5.41 Å². The maximum Gasteiger partial charge on any atom is 0.246 e. The third kappa shape index (κ3) is 9.98. The Hall–Kier alpha value is -3.83. The number of amidine groups is 1. The van der Waals surface area contributed by atoms with Crippen molar-refractivity contribution in [3.63, 3.8) is 0 Å². The molecule has 0 fully saturated rings. The van der Waals surface area contributed by atoms with Crippen LogP contribution < -0.4 is 10.5 Å². The predicted octanol–water partition coefficient (Wildman–Crippen LogP) is 2.99. The molecule has 0 saturated carbocycles. The molecule has 0 atom stereocenters. The van der Waals surface area contributed by atoms with Crippen LogP contribution in [-0.2, 0) is 33.5 Å². The van der Waals surface area contributed by atoms with E-state index in [1.54, 1.807) is 36.4 Å². The van der Waals surface area contributed by atoms with Crippen molar-refractivity contribution in [2.24, 2.45) is 5.73 Å². The highest BCUT2D eigenvalue weighted by Gasteiger charge is 2.20. The summed E-state index contributed by atoms with van der Waals surface area (Å²) < 4.78 is 32.5. The minimum Gasteiger partial charge on any atom is -0.384 e. The van der Waals surface area contributed by atoms with Gasteiger partial charge in [0.2, 0.25) is 21.8 Å². The molecule has 1 aromatic heterocycles. The maximum absolute atomic E-state index is 12.8. The lowest BCUT2D eigenvalue weighted by molar-refractivity contribution is -0.131. The summed E-state index contributed by atoms with van der Waals surface area (Å²) >= 11 is 0. The molecule has 1 amide bonds. The predicted molar refractivity (Wildman–Crippen MR) is 143 cm³/mol. The van der Waals surface area contributed by atoms with E-state index in [1.807, 2.05) is 25.1 Å². The van der Waals surface area contributed by atoms with Crippen LogP contribution in [-0.4, -0.2) is 48.3 Å². The van der Waals surface area contributed by atoms with Crippen LogP contribution in [0.1, 0.15) is 48.2 Å². The van der Waals surface area contributed by atoms with Gasteiger partial charge in [-0.05, 0) is 17.5 Å². The SMILES string of the molecule is C=C.CCCCN(Cc1nc(Cc2ccc(C(=N)N)cc2)no1)C(=O)CNS(=O)(=O)Cc1ccccc1. The monoisotopic (exact) mass is 526 g/mol. The first-order valence-corrected chi connectivity index (χ1v) is 13.4. The average molecular weight is 527 g/mol. The normalized spacial score (nSPS) is 10.8. The molecule has 198 valence electrons. The van der Waals surface area contributed by atoms with Gasteiger partial charge in [-0.25, -0.2) is 13.1 Å². The van der Waals surface area contributed by atoms with Gasteiger partial charge >= 0.3 is 0 Å². The zero-order chi connectivity index (χ0) is 27.3. The summed E-state index contributed by atoms with van der Waals surface area (Å²) in [5, 5.41) is 11.5. The van der Waals surface area contributed by atoms with Crippen LogP contribution >= 0.6 is 0 Å². The molecule has 37 heavy (non-hydrogen) atoms. The van der Waals surface area contributed by atoms with Crippen LogP contribution in [0.2, 0.25) is 0 Å². The smallest absolute Gasteiger partial charge is 0.246 e. The molecule has 1 heterocycles. The number of carbonyl (C=O) groups is 1. The second-order valence-electron chi connectivity index (χ2n) is 8.13. The first kappa shape index (κ1) is 29.4. The Labute approximate surface area is 218 Å². The summed E-state index contributed by atoms with van der Waals surface area (Å²) in [6.45, 7) is 8.20. The molecular formula is C26H34N6O4S. The largest absolute Gasteiger partial charge is 0.384 e. The van der Waals surface area contributed by atoms with Gasteiger partial charge in [0, 0.05) is 18.5 Å². The van der Waals surface area contributed by atoms with Gasteiger partial charge in [-0.3, -0.25) is 10.2 Å². The fourth-order valence-corrected chi connectivity index (χ4v) is 4.42. The summed E-state index contributed by atoms with van der Waals surface area (Å²) in [5.74, 6) is 0.169. The van der Waals surface area contributed by atoms with Crippen molar-refractivity contribution in [3.05, 3.63) is 96.2 Å². The molecule has 3 aromatic rings. The number of benzene rings is 2. The van der Waals surface area contributed by atoms with E-state index in [-0.39, 0.29) is 36.5 Å². The number of unbranched alkanes of at least 4 members (excludes halogenated alkanes) is 1. The summed E-state index contributed by atoms with van der Waals surface area (Å²) in [6, 6.07) is 16.0. The topological polar surface area (TPSA) is 155 Å². The number of nitrogens with one attached hydrogen (secondary N) is 2. The number of hydrogen-bond donors (Lipinski definition) is 3. The van der Waals surface area contributed by atoms with E-state index in [0.29, 0.717) is 29.9 Å². The van der Waals surface area contributed by atoms with Crippen molar-refractivity contribution in [2.45, 2.75) is 38.5 Å². The number of rotatable bonds is 13. The highest BCUT2D eigenvalue weighted by molar-refractivity contribution is 7.88. The van der Waals surface area contributed by atoms with Gasteiger partial charge in [0.1, 0.15) is 12.4 Å². The number of hydrogen-bond acceptors (Lipinski definition) is 7. The molecule has 0 spiro atoms. The second-order valence-corrected chi connectivity index (χ2v) is 9.93. The van der Waals surface area contributed by atoms with Gasteiger partial charge in [-0.15, -0.1) is 13.2 Å². The Bertz CT molecular complexity index is 1240. The molecule has 4 N–H and O–H groups in total. The number of nitrogen functional groups attached to an aromatic ring is 1. The minimum absolute atomic E-state index is 0.00223. The van der Waals surface area contributed by atoms with Crippen molar-refractivity contribution in [1.29, 1.82) is 5.41 Å². The standard InChI is InChI=1S/C24H30N6O4S.C2H4/c1-2-3-13-30(23(31)15-27-35(32,33)17-19-7-5-4-6-8-19)16-22-28-21(29-34-22)14-18-9-11-20(12-10-18)24(25)26;1-2/h4-12,27H,2-3,13-17H2,1H3,(H3,25,26);1-2H2. The van der Waals surface area contributed by atoms with Gasteiger partial charge < -0.3 is 15.2 Å². The molecule has 11 heteroatoms. The lowest BCUT2D eigenvalue weighted by Gasteiger charge is -2.21. The zero-order valence-corrected chi connectivity index (χ0v) is 21.8. The number of nitrogens with zero attached hydrogens (tertiary/aromatic N) is 3. The molecule has 0 aliphatic rings. The van der Waals surface area contributed by atoms with Crippen LogP contribution in [0.5, 0.6) is 0 Å². The van der Waals surface area contributed by atoms with E-state index in [2.05, 4.69) is 28.0 Å². The highest BCUT2D eigenvalue weighted by atomic mass is 32.2. The van der Waals surface area contributed by atoms with Crippen LogP contribution in [0.15, 0.2) is 72.3 Å². The van der Waals surface area contributed by atoms with Crippen molar-refractivity contribution in [1.82, 2.24) is 19.8 Å². The number of aromatic nitrogens is 2. The highest BCUT2D eigenvalue weighted by Crippen LogP contribution is 2.11. The molecule has 2 aromatic carbocycles. The molecule has 0 aliphatic heterocycles. The van der Waals surface area contributed by atoms with Gasteiger partial charge in [0.15, 0.2) is 5.82 Å². The number of nitrogens with two attached hydrogens (primary N) is 1. The quantitative estimate of drug-likeness (QED) is 0.176. The molecule has 0 saturated heterocycles. The van der Waals surface area contributed by atoms with Gasteiger partial charge in [-0.1, -0.05) is 73.1 Å². The Morgan fingerprint density at radius 3 is 2.41 bits per heavy atom. The van der Waals surface area contributed by atoms with E-state index in [0.717, 1.165) is 18.4 Å². The Morgan fingerprint density at radius 2 is 1.78 bits per heavy atom. The van der Waals surface area contributed by atoms with Crippen molar-refractivity contribution in [3.8, 4) is 0 Å². The van der Waals surface area contributed by atoms with Crippen molar-refractivity contribution >= 4 is 21.8 Å². The summed E-state index contributed by atoms with van der Waals surface area (Å²) in [4.78, 5) is 18.7. The molecule has 3 rings (SSSR count).